The van der Waals surface area contributed by atoms with Gasteiger partial charge in [-0.05, 0) is 24.6 Å². The number of sulfone groups is 1. The van der Waals surface area contributed by atoms with Crippen LogP contribution in [0.15, 0.2) is 24.3 Å². The second-order valence-electron chi connectivity index (χ2n) is 5.03. The fourth-order valence-corrected chi connectivity index (χ4v) is 4.54. The van der Waals surface area contributed by atoms with Gasteiger partial charge >= 0.3 is 0 Å². The van der Waals surface area contributed by atoms with Gasteiger partial charge in [0.25, 0.3) is 0 Å². The normalized spacial score (nSPS) is 30.3. The van der Waals surface area contributed by atoms with E-state index in [2.05, 4.69) is 0 Å². The minimum atomic E-state index is -3.31. The lowest BCUT2D eigenvalue weighted by atomic mass is 10.1. The molecule has 4 nitrogen and oxygen atoms in total. The minimum Gasteiger partial charge on any atom is -0.380 e. The van der Waals surface area contributed by atoms with Crippen LogP contribution in [-0.2, 0) is 14.6 Å². The molecule has 1 aromatic rings. The van der Waals surface area contributed by atoms with Gasteiger partial charge in [-0.1, -0.05) is 12.1 Å². The standard InChI is InChI=1S/C13H18FNO3S/c1-3-18-8-13(15)11(12(13)19(2,16)17)9-5-4-6-10(14)7-9/h4-7,11-12H,3,8,15H2,1-2H3. The molecule has 1 aromatic carbocycles. The first-order chi connectivity index (χ1) is 8.80. The van der Waals surface area contributed by atoms with E-state index >= 15 is 0 Å². The second-order valence-corrected chi connectivity index (χ2v) is 7.20. The van der Waals surface area contributed by atoms with Crippen LogP contribution < -0.4 is 5.73 Å². The fraction of sp³-hybridized carbons (Fsp3) is 0.538. The summed E-state index contributed by atoms with van der Waals surface area (Å²) >= 11 is 0. The highest BCUT2D eigenvalue weighted by atomic mass is 32.2. The maximum absolute atomic E-state index is 13.3. The Morgan fingerprint density at radius 1 is 1.47 bits per heavy atom. The molecule has 2 rings (SSSR count). The zero-order valence-electron chi connectivity index (χ0n) is 11.0. The van der Waals surface area contributed by atoms with Gasteiger partial charge in [0.1, 0.15) is 5.82 Å². The summed E-state index contributed by atoms with van der Waals surface area (Å²) < 4.78 is 42.2. The first-order valence-corrected chi connectivity index (χ1v) is 8.07. The SMILES string of the molecule is CCOCC1(N)C(c2cccc(F)c2)C1S(C)(=O)=O. The van der Waals surface area contributed by atoms with E-state index in [0.717, 1.165) is 6.26 Å². The van der Waals surface area contributed by atoms with Crippen molar-refractivity contribution in [3.8, 4) is 0 Å². The summed E-state index contributed by atoms with van der Waals surface area (Å²) in [6, 6.07) is 5.92. The highest BCUT2D eigenvalue weighted by molar-refractivity contribution is 7.91. The van der Waals surface area contributed by atoms with Crippen molar-refractivity contribution in [1.82, 2.24) is 0 Å². The number of halogens is 1. The molecular weight excluding hydrogens is 269 g/mol. The van der Waals surface area contributed by atoms with Gasteiger partial charge in [0.2, 0.25) is 0 Å². The second kappa shape index (κ2) is 4.85. The third-order valence-corrected chi connectivity index (χ3v) is 5.16. The molecule has 0 radical (unpaired) electrons. The van der Waals surface area contributed by atoms with Gasteiger partial charge in [-0.25, -0.2) is 12.8 Å². The third kappa shape index (κ3) is 2.66. The molecule has 19 heavy (non-hydrogen) atoms. The van der Waals surface area contributed by atoms with Crippen LogP contribution in [0, 0.1) is 5.82 Å². The maximum atomic E-state index is 13.3. The molecule has 1 saturated carbocycles. The Kier molecular flexibility index (Phi) is 3.68. The van der Waals surface area contributed by atoms with Gasteiger partial charge in [-0.2, -0.15) is 0 Å². The zero-order valence-corrected chi connectivity index (χ0v) is 11.8. The molecular formula is C13H18FNO3S. The Hall–Kier alpha value is -0.980. The van der Waals surface area contributed by atoms with E-state index in [0.29, 0.717) is 12.2 Å². The Balaban J connectivity index is 2.33. The smallest absolute Gasteiger partial charge is 0.152 e. The first-order valence-electron chi connectivity index (χ1n) is 6.11. The van der Waals surface area contributed by atoms with Gasteiger partial charge in [0, 0.05) is 18.8 Å². The number of benzene rings is 1. The fourth-order valence-electron chi connectivity index (χ4n) is 2.70. The van der Waals surface area contributed by atoms with E-state index in [4.69, 9.17) is 10.5 Å². The van der Waals surface area contributed by atoms with Crippen LogP contribution in [0.4, 0.5) is 4.39 Å². The molecule has 106 valence electrons. The van der Waals surface area contributed by atoms with Crippen molar-refractivity contribution in [2.75, 3.05) is 19.5 Å². The van der Waals surface area contributed by atoms with Crippen molar-refractivity contribution < 1.29 is 17.5 Å². The van der Waals surface area contributed by atoms with Gasteiger partial charge < -0.3 is 10.5 Å². The molecule has 0 aliphatic heterocycles. The van der Waals surface area contributed by atoms with Crippen molar-refractivity contribution >= 4 is 9.84 Å². The molecule has 3 unspecified atom stereocenters. The lowest BCUT2D eigenvalue weighted by Crippen LogP contribution is -2.36. The van der Waals surface area contributed by atoms with Crippen LogP contribution in [0.3, 0.4) is 0 Å². The van der Waals surface area contributed by atoms with E-state index in [-0.39, 0.29) is 6.61 Å². The van der Waals surface area contributed by atoms with Crippen LogP contribution >= 0.6 is 0 Å². The van der Waals surface area contributed by atoms with Crippen LogP contribution in [0.2, 0.25) is 0 Å². The first kappa shape index (κ1) is 14.4. The molecule has 2 N–H and O–H groups in total. The third-order valence-electron chi connectivity index (χ3n) is 3.53. The number of rotatable bonds is 5. The molecule has 1 aliphatic rings. The summed E-state index contributed by atoms with van der Waals surface area (Å²) in [6.07, 6.45) is 1.16. The van der Waals surface area contributed by atoms with Crippen LogP contribution in [0.25, 0.3) is 0 Å². The Labute approximate surface area is 112 Å². The molecule has 0 bridgehead atoms. The molecule has 0 spiro atoms. The van der Waals surface area contributed by atoms with Gasteiger partial charge in [0.05, 0.1) is 17.4 Å². The highest BCUT2D eigenvalue weighted by Crippen LogP contribution is 2.54. The summed E-state index contributed by atoms with van der Waals surface area (Å²) in [5.41, 5.74) is 5.81. The van der Waals surface area contributed by atoms with Crippen molar-refractivity contribution in [2.24, 2.45) is 5.73 Å². The predicted octanol–water partition coefficient (Wildman–Crippen LogP) is 1.07. The van der Waals surface area contributed by atoms with E-state index < -0.39 is 32.4 Å². The largest absolute Gasteiger partial charge is 0.380 e. The predicted molar refractivity (Wildman–Crippen MR) is 71.2 cm³/mol. The molecule has 1 aliphatic carbocycles. The van der Waals surface area contributed by atoms with E-state index in [9.17, 15) is 12.8 Å². The molecule has 6 heteroatoms. The van der Waals surface area contributed by atoms with Crippen LogP contribution in [0.5, 0.6) is 0 Å². The maximum Gasteiger partial charge on any atom is 0.152 e. The van der Waals surface area contributed by atoms with Gasteiger partial charge in [0.15, 0.2) is 9.84 Å². The monoisotopic (exact) mass is 287 g/mol. The van der Waals surface area contributed by atoms with Crippen LogP contribution in [0.1, 0.15) is 18.4 Å². The topological polar surface area (TPSA) is 69.4 Å². The molecule has 0 heterocycles. The number of hydrogen-bond acceptors (Lipinski definition) is 4. The lowest BCUT2D eigenvalue weighted by Gasteiger charge is -2.11. The summed E-state index contributed by atoms with van der Waals surface area (Å²) in [7, 11) is -3.31. The average Bonchev–Trinajstić information content (AvgIpc) is 2.94. The summed E-state index contributed by atoms with van der Waals surface area (Å²) in [6.45, 7) is 2.44. The van der Waals surface area contributed by atoms with Crippen molar-refractivity contribution in [1.29, 1.82) is 0 Å². The van der Waals surface area contributed by atoms with Gasteiger partial charge in [-0.15, -0.1) is 0 Å². The number of nitrogens with two attached hydrogens (primary N) is 1. The van der Waals surface area contributed by atoms with E-state index in [1.165, 1.54) is 12.1 Å². The molecule has 3 atom stereocenters. The highest BCUT2D eigenvalue weighted by Gasteiger charge is 2.68. The summed E-state index contributed by atoms with van der Waals surface area (Å²) in [4.78, 5) is 0. The van der Waals surface area contributed by atoms with Gasteiger partial charge in [-0.3, -0.25) is 0 Å². The van der Waals surface area contributed by atoms with Crippen molar-refractivity contribution in [3.63, 3.8) is 0 Å². The van der Waals surface area contributed by atoms with E-state index in [1.807, 2.05) is 6.92 Å². The molecule has 0 aromatic heterocycles. The minimum absolute atomic E-state index is 0.155. The average molecular weight is 287 g/mol. The number of hydrogen-bond donors (Lipinski definition) is 1. The van der Waals surface area contributed by atoms with Crippen molar-refractivity contribution in [3.05, 3.63) is 35.6 Å². The Morgan fingerprint density at radius 3 is 2.68 bits per heavy atom. The summed E-state index contributed by atoms with van der Waals surface area (Å²) in [5.74, 6) is -0.805. The van der Waals surface area contributed by atoms with E-state index in [1.54, 1.807) is 12.1 Å². The zero-order chi connectivity index (χ0) is 14.3. The lowest BCUT2D eigenvalue weighted by molar-refractivity contribution is 0.125. The van der Waals surface area contributed by atoms with Crippen LogP contribution in [-0.4, -0.2) is 38.7 Å². The molecule has 0 saturated heterocycles. The molecule has 0 amide bonds. The number of ether oxygens (including phenoxy) is 1. The van der Waals surface area contributed by atoms with Crippen molar-refractivity contribution in [2.45, 2.75) is 23.6 Å². The quantitative estimate of drug-likeness (QED) is 0.879. The Morgan fingerprint density at radius 2 is 2.16 bits per heavy atom. The molecule has 1 fully saturated rings. The Bertz CT molecular complexity index is 575. The summed E-state index contributed by atoms with van der Waals surface area (Å²) in [5, 5.41) is -0.714.